The Morgan fingerprint density at radius 1 is 1.13 bits per heavy atom. The number of aromatic amines is 1. The molecule has 1 aliphatic rings. The molecule has 1 saturated heterocycles. The van der Waals surface area contributed by atoms with Crippen LogP contribution in [0.5, 0.6) is 0 Å². The minimum absolute atomic E-state index is 0.152. The number of alkyl halides is 2. The number of nitrogens with one attached hydrogen (secondary N) is 2. The zero-order valence-corrected chi connectivity index (χ0v) is 27.2. The molecule has 14 heteroatoms. The van der Waals surface area contributed by atoms with E-state index in [1.807, 2.05) is 6.07 Å². The highest BCUT2D eigenvalue weighted by Crippen LogP contribution is 2.46. The van der Waals surface area contributed by atoms with Crippen LogP contribution in [-0.4, -0.2) is 70.9 Å². The van der Waals surface area contributed by atoms with Gasteiger partial charge in [0.1, 0.15) is 28.7 Å². The van der Waals surface area contributed by atoms with E-state index < -0.39 is 47.6 Å². The molecule has 5 rings (SSSR count). The molecular weight excluding hydrogens is 615 g/mol. The number of hydrogen-bond acceptors (Lipinski definition) is 8. The normalized spacial score (nSPS) is 16.3. The topological polar surface area (TPSA) is 136 Å². The minimum Gasteiger partial charge on any atom is -0.444 e. The summed E-state index contributed by atoms with van der Waals surface area (Å²) in [5.74, 6) is -5.22. The van der Waals surface area contributed by atoms with E-state index in [4.69, 9.17) is 9.47 Å². The van der Waals surface area contributed by atoms with Gasteiger partial charge in [0, 0.05) is 55.2 Å². The van der Waals surface area contributed by atoms with Gasteiger partial charge in [0.25, 0.3) is 5.92 Å². The summed E-state index contributed by atoms with van der Waals surface area (Å²) in [6.45, 7) is 8.87. The molecule has 3 aromatic heterocycles. The molecule has 248 valence electrons. The molecule has 1 aliphatic heterocycles. The molecule has 1 fully saturated rings. The summed E-state index contributed by atoms with van der Waals surface area (Å²) < 4.78 is 57.4. The van der Waals surface area contributed by atoms with E-state index in [-0.39, 0.29) is 35.4 Å². The van der Waals surface area contributed by atoms with E-state index in [9.17, 15) is 14.9 Å². The Balaban J connectivity index is 1.67. The number of carbonyl (C=O) groups is 2. The van der Waals surface area contributed by atoms with E-state index in [1.54, 1.807) is 47.6 Å². The van der Waals surface area contributed by atoms with Gasteiger partial charge in [-0.05, 0) is 59.7 Å². The van der Waals surface area contributed by atoms with Crippen molar-refractivity contribution >= 4 is 45.5 Å². The standard InChI is InChI=1S/C33H36F3N7O4/c1-31(2,3)46-29(44)40-14-20-16-43(17-33(20,35)36)27-23(19-8-18(11-37)12-38-13-19)15-39-28-25(27)22-9-21(34)10-24(26(22)41-28)42(7)30(45)47-32(4,5)6/h8-10,12-13,15,20H,14,16-17H2,1-7H3,(H,39,41)(H,40,44). The number of carbonyl (C=O) groups excluding carboxylic acids is 2. The second-order valence-corrected chi connectivity index (χ2v) is 13.6. The zero-order valence-electron chi connectivity index (χ0n) is 27.2. The summed E-state index contributed by atoms with van der Waals surface area (Å²) in [4.78, 5) is 39.8. The first-order chi connectivity index (χ1) is 21.9. The average molecular weight is 652 g/mol. The Morgan fingerprint density at radius 3 is 2.49 bits per heavy atom. The smallest absolute Gasteiger partial charge is 0.414 e. The lowest BCUT2D eigenvalue weighted by molar-refractivity contribution is -0.0208. The number of anilines is 2. The van der Waals surface area contributed by atoms with Gasteiger partial charge < -0.3 is 24.7 Å². The van der Waals surface area contributed by atoms with Crippen LogP contribution in [0.2, 0.25) is 0 Å². The molecule has 1 aromatic carbocycles. The van der Waals surface area contributed by atoms with Crippen LogP contribution in [0, 0.1) is 23.1 Å². The van der Waals surface area contributed by atoms with Crippen molar-refractivity contribution in [2.75, 3.05) is 36.5 Å². The maximum atomic E-state index is 15.7. The number of pyridine rings is 2. The lowest BCUT2D eigenvalue weighted by Crippen LogP contribution is -2.40. The molecule has 0 radical (unpaired) electrons. The van der Waals surface area contributed by atoms with Crippen LogP contribution in [0.3, 0.4) is 0 Å². The van der Waals surface area contributed by atoms with Gasteiger partial charge in [-0.15, -0.1) is 0 Å². The Hall–Kier alpha value is -5.06. The van der Waals surface area contributed by atoms with Crippen LogP contribution in [0.15, 0.2) is 36.8 Å². The number of halogens is 3. The third-order valence-corrected chi connectivity index (χ3v) is 7.50. The Bertz CT molecular complexity index is 1910. The summed E-state index contributed by atoms with van der Waals surface area (Å²) >= 11 is 0. The largest absolute Gasteiger partial charge is 0.444 e. The van der Waals surface area contributed by atoms with Gasteiger partial charge in [-0.2, -0.15) is 5.26 Å². The molecule has 0 saturated carbocycles. The number of ether oxygens (including phenoxy) is 2. The fraction of sp³-hybridized carbons (Fsp3) is 0.424. The lowest BCUT2D eigenvalue weighted by Gasteiger charge is -2.25. The van der Waals surface area contributed by atoms with Crippen LogP contribution in [0.25, 0.3) is 33.1 Å². The number of fused-ring (bicyclic) bond motifs is 3. The molecular formula is C33H36F3N7O4. The second kappa shape index (κ2) is 11.9. The van der Waals surface area contributed by atoms with Crippen LogP contribution < -0.4 is 15.1 Å². The summed E-state index contributed by atoms with van der Waals surface area (Å²) in [6, 6.07) is 6.01. The highest BCUT2D eigenvalue weighted by Gasteiger charge is 2.49. The summed E-state index contributed by atoms with van der Waals surface area (Å²) in [5, 5.41) is 12.6. The summed E-state index contributed by atoms with van der Waals surface area (Å²) in [5.41, 5.74) is 0.474. The molecule has 11 nitrogen and oxygen atoms in total. The van der Waals surface area contributed by atoms with E-state index >= 15 is 13.2 Å². The second-order valence-electron chi connectivity index (χ2n) is 13.6. The molecule has 0 bridgehead atoms. The third kappa shape index (κ3) is 7.03. The van der Waals surface area contributed by atoms with Gasteiger partial charge >= 0.3 is 12.2 Å². The van der Waals surface area contributed by atoms with Crippen molar-refractivity contribution in [2.45, 2.75) is 58.7 Å². The Morgan fingerprint density at radius 2 is 1.83 bits per heavy atom. The fourth-order valence-electron chi connectivity index (χ4n) is 5.52. The number of aromatic nitrogens is 3. The van der Waals surface area contributed by atoms with E-state index in [2.05, 4.69) is 20.3 Å². The van der Waals surface area contributed by atoms with Crippen molar-refractivity contribution in [2.24, 2.45) is 5.92 Å². The number of rotatable bonds is 5. The quantitative estimate of drug-likeness (QED) is 0.242. The van der Waals surface area contributed by atoms with Crippen molar-refractivity contribution in [3.05, 3.63) is 48.2 Å². The van der Waals surface area contributed by atoms with Gasteiger partial charge in [-0.25, -0.2) is 27.7 Å². The SMILES string of the molecule is CN(C(=O)OC(C)(C)C)c1cc(F)cc2c1[nH]c1ncc(-c3cncc(C#N)c3)c(N3CC(CNC(=O)OC(C)(C)C)C(F)(F)C3)c12. The predicted molar refractivity (Wildman–Crippen MR) is 171 cm³/mol. The number of hydrogen-bond donors (Lipinski definition) is 2. The molecule has 4 aromatic rings. The van der Waals surface area contributed by atoms with Gasteiger partial charge in [-0.3, -0.25) is 9.88 Å². The number of nitrogens with zero attached hydrogens (tertiary/aromatic N) is 5. The van der Waals surface area contributed by atoms with E-state index in [1.165, 1.54) is 42.7 Å². The van der Waals surface area contributed by atoms with Crippen LogP contribution in [0.4, 0.5) is 34.1 Å². The summed E-state index contributed by atoms with van der Waals surface area (Å²) in [7, 11) is 1.44. The molecule has 0 aliphatic carbocycles. The number of H-pyrrole nitrogens is 1. The van der Waals surface area contributed by atoms with Crippen molar-refractivity contribution in [3.8, 4) is 17.2 Å². The van der Waals surface area contributed by atoms with Crippen molar-refractivity contribution < 1.29 is 32.2 Å². The first-order valence-corrected chi connectivity index (χ1v) is 14.9. The molecule has 1 unspecified atom stereocenters. The maximum absolute atomic E-state index is 15.7. The monoisotopic (exact) mass is 651 g/mol. The Kier molecular flexibility index (Phi) is 8.47. The molecule has 4 heterocycles. The lowest BCUT2D eigenvalue weighted by atomic mass is 10.0. The molecule has 47 heavy (non-hydrogen) atoms. The highest BCUT2D eigenvalue weighted by molar-refractivity contribution is 6.18. The number of nitriles is 1. The molecule has 1 atom stereocenters. The summed E-state index contributed by atoms with van der Waals surface area (Å²) in [6.07, 6.45) is 2.79. The number of amides is 2. The van der Waals surface area contributed by atoms with Crippen LogP contribution in [0.1, 0.15) is 47.1 Å². The van der Waals surface area contributed by atoms with Crippen LogP contribution in [-0.2, 0) is 9.47 Å². The average Bonchev–Trinajstić information content (AvgIpc) is 3.48. The third-order valence-electron chi connectivity index (χ3n) is 7.50. The van der Waals surface area contributed by atoms with Gasteiger partial charge in [0.15, 0.2) is 0 Å². The van der Waals surface area contributed by atoms with E-state index in [0.717, 1.165) is 4.90 Å². The zero-order chi connectivity index (χ0) is 34.5. The number of alkyl carbamates (subject to hydrolysis) is 1. The van der Waals surface area contributed by atoms with E-state index in [0.29, 0.717) is 27.7 Å². The van der Waals surface area contributed by atoms with Crippen LogP contribution >= 0.6 is 0 Å². The fourth-order valence-corrected chi connectivity index (χ4v) is 5.52. The van der Waals surface area contributed by atoms with Gasteiger partial charge in [0.05, 0.1) is 40.3 Å². The first-order valence-electron chi connectivity index (χ1n) is 14.9. The molecule has 0 spiro atoms. The minimum atomic E-state index is -3.24. The van der Waals surface area contributed by atoms with Crippen molar-refractivity contribution in [3.63, 3.8) is 0 Å². The Labute approximate surface area is 269 Å². The first kappa shape index (κ1) is 33.3. The maximum Gasteiger partial charge on any atom is 0.414 e. The predicted octanol–water partition coefficient (Wildman–Crippen LogP) is 6.76. The van der Waals surface area contributed by atoms with Gasteiger partial charge in [-0.1, -0.05) is 0 Å². The highest BCUT2D eigenvalue weighted by atomic mass is 19.3. The molecule has 2 N–H and O–H groups in total. The van der Waals surface area contributed by atoms with Crippen molar-refractivity contribution in [1.29, 1.82) is 5.26 Å². The molecule has 2 amide bonds. The van der Waals surface area contributed by atoms with Gasteiger partial charge in [0.2, 0.25) is 0 Å². The number of benzene rings is 1. The van der Waals surface area contributed by atoms with Crippen molar-refractivity contribution in [1.82, 2.24) is 20.3 Å².